The number of hydrogen-bond acceptors (Lipinski definition) is 4. The van der Waals surface area contributed by atoms with E-state index in [0.717, 1.165) is 18.4 Å². The molecule has 0 N–H and O–H groups in total. The van der Waals surface area contributed by atoms with E-state index >= 15 is 0 Å². The third-order valence-electron chi connectivity index (χ3n) is 7.13. The average molecular weight is 439 g/mol. The van der Waals surface area contributed by atoms with Crippen LogP contribution in [0.15, 0.2) is 42.5 Å². The molecule has 1 heterocycles. The van der Waals surface area contributed by atoms with E-state index in [0.29, 0.717) is 23.7 Å². The minimum absolute atomic E-state index is 0.0279. The standard InChI is InChI=1S/C23H20O4Se/c1-26-17-8-7-12-9-14-15-10-18(28-13-5-3-2-4-6-13)20(25)22-23(15,11-16(14)24)19(12)21(17)27-22/h2-8,14-15,18,22H,9-11H2,1H3/t14-,15+,18?,22+,23+/m0/s1. The van der Waals surface area contributed by atoms with Gasteiger partial charge in [0.15, 0.2) is 0 Å². The van der Waals surface area contributed by atoms with Crippen molar-refractivity contribution in [3.05, 3.63) is 53.6 Å². The molecule has 0 saturated heterocycles. The summed E-state index contributed by atoms with van der Waals surface area (Å²) in [7, 11) is 1.63. The van der Waals surface area contributed by atoms with Gasteiger partial charge in [0.25, 0.3) is 0 Å². The topological polar surface area (TPSA) is 52.6 Å². The summed E-state index contributed by atoms with van der Waals surface area (Å²) in [6.45, 7) is 0. The number of benzene rings is 2. The van der Waals surface area contributed by atoms with E-state index in [9.17, 15) is 9.59 Å². The van der Waals surface area contributed by atoms with Crippen LogP contribution in [0.3, 0.4) is 0 Å². The maximum atomic E-state index is 13.6. The van der Waals surface area contributed by atoms with Crippen LogP contribution in [0.4, 0.5) is 0 Å². The molecule has 0 aromatic heterocycles. The fourth-order valence-electron chi connectivity index (χ4n) is 6.08. The number of Topliss-reactive ketones (excluding diaryl/α,β-unsaturated/α-hetero) is 2. The van der Waals surface area contributed by atoms with Crippen molar-refractivity contribution >= 4 is 31.0 Å². The van der Waals surface area contributed by atoms with Crippen LogP contribution in [0.5, 0.6) is 11.5 Å². The first-order chi connectivity index (χ1) is 13.6. The first kappa shape index (κ1) is 16.8. The second kappa shape index (κ2) is 5.71. The van der Waals surface area contributed by atoms with Gasteiger partial charge < -0.3 is 0 Å². The van der Waals surface area contributed by atoms with Crippen molar-refractivity contribution in [1.82, 2.24) is 0 Å². The normalized spacial score (nSPS) is 34.2. The number of hydrogen-bond donors (Lipinski definition) is 0. The zero-order valence-corrected chi connectivity index (χ0v) is 17.2. The van der Waals surface area contributed by atoms with Crippen molar-refractivity contribution < 1.29 is 19.1 Å². The summed E-state index contributed by atoms with van der Waals surface area (Å²) in [6.07, 6.45) is 1.48. The molecule has 0 radical (unpaired) electrons. The second-order valence-electron chi connectivity index (χ2n) is 8.29. The van der Waals surface area contributed by atoms with Crippen molar-refractivity contribution in [1.29, 1.82) is 0 Å². The molecule has 2 saturated carbocycles. The Morgan fingerprint density at radius 3 is 2.75 bits per heavy atom. The monoisotopic (exact) mass is 440 g/mol. The quantitative estimate of drug-likeness (QED) is 0.689. The summed E-state index contributed by atoms with van der Waals surface area (Å²) in [5.74, 6) is 2.11. The van der Waals surface area contributed by atoms with Crippen LogP contribution in [0, 0.1) is 11.8 Å². The number of carbonyl (C=O) groups excluding carboxylic acids is 2. The molecule has 28 heavy (non-hydrogen) atoms. The van der Waals surface area contributed by atoms with E-state index in [2.05, 4.69) is 18.2 Å². The van der Waals surface area contributed by atoms with Gasteiger partial charge in [0.1, 0.15) is 0 Å². The van der Waals surface area contributed by atoms with Crippen molar-refractivity contribution in [2.24, 2.45) is 11.8 Å². The first-order valence-electron chi connectivity index (χ1n) is 9.78. The second-order valence-corrected chi connectivity index (χ2v) is 11.0. The fourth-order valence-corrected chi connectivity index (χ4v) is 8.56. The molecule has 2 fully saturated rings. The van der Waals surface area contributed by atoms with Gasteiger partial charge in [-0.2, -0.15) is 0 Å². The first-order valence-corrected chi connectivity index (χ1v) is 11.6. The van der Waals surface area contributed by atoms with Crippen LogP contribution < -0.4 is 13.9 Å². The fraction of sp³-hybridized carbons (Fsp3) is 0.391. The van der Waals surface area contributed by atoms with Gasteiger partial charge in [-0.05, 0) is 0 Å². The Morgan fingerprint density at radius 1 is 1.14 bits per heavy atom. The van der Waals surface area contributed by atoms with Gasteiger partial charge >= 0.3 is 170 Å². The Bertz CT molecular complexity index is 1020. The van der Waals surface area contributed by atoms with E-state index in [-0.39, 0.29) is 37.4 Å². The van der Waals surface area contributed by atoms with E-state index in [4.69, 9.17) is 9.47 Å². The third kappa shape index (κ3) is 1.96. The summed E-state index contributed by atoms with van der Waals surface area (Å²) in [5.41, 5.74) is 1.81. The van der Waals surface area contributed by atoms with Crippen LogP contribution >= 0.6 is 0 Å². The number of ether oxygens (including phenoxy) is 2. The Kier molecular flexibility index (Phi) is 3.43. The molecular weight excluding hydrogens is 419 g/mol. The predicted molar refractivity (Wildman–Crippen MR) is 105 cm³/mol. The van der Waals surface area contributed by atoms with Gasteiger partial charge in [0.05, 0.1) is 0 Å². The van der Waals surface area contributed by atoms with Crippen molar-refractivity contribution in [2.45, 2.75) is 35.6 Å². The average Bonchev–Trinajstić information content (AvgIpc) is 3.14. The molecule has 4 nitrogen and oxygen atoms in total. The Morgan fingerprint density at radius 2 is 1.96 bits per heavy atom. The van der Waals surface area contributed by atoms with E-state index < -0.39 is 11.5 Å². The molecule has 5 atom stereocenters. The molecule has 1 spiro atoms. The zero-order chi connectivity index (χ0) is 19.0. The zero-order valence-electron chi connectivity index (χ0n) is 15.5. The SMILES string of the molecule is COc1ccc2c3c1O[C@@H]1C(=O)C([Se]c4ccccc4)C[C@@H]4[C@H](C2)C(=O)C[C@@]314. The third-order valence-corrected chi connectivity index (χ3v) is 9.76. The van der Waals surface area contributed by atoms with E-state index in [1.807, 2.05) is 24.3 Å². The Balaban J connectivity index is 1.48. The summed E-state index contributed by atoms with van der Waals surface area (Å²) in [5, 5.41) is 0. The van der Waals surface area contributed by atoms with Crippen molar-refractivity contribution in [2.75, 3.05) is 7.11 Å². The summed E-state index contributed by atoms with van der Waals surface area (Å²) in [6, 6.07) is 14.2. The molecule has 2 aromatic carbocycles. The summed E-state index contributed by atoms with van der Waals surface area (Å²) in [4.78, 5) is 26.5. The van der Waals surface area contributed by atoms with Crippen molar-refractivity contribution in [3.8, 4) is 11.5 Å². The molecule has 3 aliphatic carbocycles. The van der Waals surface area contributed by atoms with Crippen LogP contribution in [-0.4, -0.2) is 39.7 Å². The Labute approximate surface area is 169 Å². The summed E-state index contributed by atoms with van der Waals surface area (Å²) < 4.78 is 13.1. The van der Waals surface area contributed by atoms with Crippen LogP contribution in [-0.2, 0) is 21.4 Å². The molecule has 2 aromatic rings. The van der Waals surface area contributed by atoms with Crippen molar-refractivity contribution in [3.63, 3.8) is 0 Å². The number of carbonyl (C=O) groups is 2. The molecule has 5 heteroatoms. The number of ketones is 2. The number of rotatable bonds is 3. The van der Waals surface area contributed by atoms with Crippen LogP contribution in [0.1, 0.15) is 24.0 Å². The molecule has 4 aliphatic rings. The van der Waals surface area contributed by atoms with Gasteiger partial charge in [-0.3, -0.25) is 0 Å². The number of methoxy groups -OCH3 is 1. The van der Waals surface area contributed by atoms with E-state index in [1.165, 1.54) is 10.0 Å². The van der Waals surface area contributed by atoms with Gasteiger partial charge in [-0.25, -0.2) is 0 Å². The molecule has 1 unspecified atom stereocenters. The Hall–Kier alpha value is -2.10. The predicted octanol–water partition coefficient (Wildman–Crippen LogP) is 2.25. The molecule has 142 valence electrons. The molecule has 1 aliphatic heterocycles. The maximum absolute atomic E-state index is 13.6. The molecule has 6 rings (SSSR count). The molecule has 0 amide bonds. The van der Waals surface area contributed by atoms with E-state index in [1.54, 1.807) is 7.11 Å². The van der Waals surface area contributed by atoms with Crippen LogP contribution in [0.2, 0.25) is 4.82 Å². The van der Waals surface area contributed by atoms with Gasteiger partial charge in [-0.1, -0.05) is 0 Å². The van der Waals surface area contributed by atoms with Gasteiger partial charge in [-0.15, -0.1) is 0 Å². The molecule has 2 bridgehead atoms. The van der Waals surface area contributed by atoms with Gasteiger partial charge in [0.2, 0.25) is 0 Å². The minimum atomic E-state index is -0.541. The van der Waals surface area contributed by atoms with Gasteiger partial charge in [0, 0.05) is 0 Å². The molecular formula is C23H20O4Se. The van der Waals surface area contributed by atoms with Crippen LogP contribution in [0.25, 0.3) is 0 Å². The summed E-state index contributed by atoms with van der Waals surface area (Å²) >= 11 is 0.0466.